The average Bonchev–Trinajstić information content (AvgIpc) is 2.36. The Morgan fingerprint density at radius 3 is 2.44 bits per heavy atom. The minimum Gasteiger partial charge on any atom is -0.394 e. The summed E-state index contributed by atoms with van der Waals surface area (Å²) in [5.74, 6) is 0.386. The number of morpholine rings is 1. The lowest BCUT2D eigenvalue weighted by molar-refractivity contribution is -0.151. The fourth-order valence-corrected chi connectivity index (χ4v) is 2.67. The van der Waals surface area contributed by atoms with Crippen LogP contribution in [0, 0.1) is 5.92 Å². The third-order valence-corrected chi connectivity index (χ3v) is 3.47. The average molecular weight is 257 g/mol. The van der Waals surface area contributed by atoms with Crippen LogP contribution in [0.1, 0.15) is 46.5 Å². The Bertz CT molecular complexity index is 251. The molecule has 0 aromatic rings. The van der Waals surface area contributed by atoms with Crippen LogP contribution in [0.3, 0.4) is 0 Å². The van der Waals surface area contributed by atoms with Crippen LogP contribution >= 0.6 is 0 Å². The highest BCUT2D eigenvalue weighted by atomic mass is 16.5. The van der Waals surface area contributed by atoms with E-state index < -0.39 is 0 Å². The molecular formula is C14H27NO3. The summed E-state index contributed by atoms with van der Waals surface area (Å²) in [5, 5.41) is 9.19. The monoisotopic (exact) mass is 257 g/mol. The van der Waals surface area contributed by atoms with Gasteiger partial charge in [0, 0.05) is 19.0 Å². The van der Waals surface area contributed by atoms with Crippen LogP contribution < -0.4 is 0 Å². The first kappa shape index (κ1) is 15.4. The maximum Gasteiger partial charge on any atom is 0.225 e. The Morgan fingerprint density at radius 1 is 1.33 bits per heavy atom. The molecule has 1 N–H and O–H groups in total. The fourth-order valence-electron chi connectivity index (χ4n) is 2.67. The van der Waals surface area contributed by atoms with Gasteiger partial charge in [0.2, 0.25) is 5.91 Å². The normalized spacial score (nSPS) is 24.6. The van der Waals surface area contributed by atoms with Crippen LogP contribution in [0.15, 0.2) is 0 Å². The van der Waals surface area contributed by atoms with Crippen LogP contribution in [-0.4, -0.2) is 47.8 Å². The molecule has 0 saturated carbocycles. The van der Waals surface area contributed by atoms with Gasteiger partial charge in [-0.05, 0) is 19.8 Å². The van der Waals surface area contributed by atoms with Gasteiger partial charge in [-0.3, -0.25) is 4.79 Å². The van der Waals surface area contributed by atoms with Gasteiger partial charge in [0.1, 0.15) is 0 Å². The number of hydrogen-bond donors (Lipinski definition) is 1. The van der Waals surface area contributed by atoms with Gasteiger partial charge in [-0.15, -0.1) is 0 Å². The number of rotatable bonds is 6. The number of nitrogens with zero attached hydrogens (tertiary/aromatic N) is 1. The maximum absolute atomic E-state index is 12.5. The standard InChI is InChI=1S/C14H27NO3/c1-4-6-12(7-5-2)14(17)15-8-11(3)18-13(9-15)10-16/h11-13,16H,4-10H2,1-3H3. The second kappa shape index (κ2) is 7.74. The second-order valence-corrected chi connectivity index (χ2v) is 5.27. The summed E-state index contributed by atoms with van der Waals surface area (Å²) >= 11 is 0. The van der Waals surface area contributed by atoms with Crippen molar-refractivity contribution in [1.82, 2.24) is 4.90 Å². The number of carbonyl (C=O) groups is 1. The van der Waals surface area contributed by atoms with Crippen LogP contribution in [0.2, 0.25) is 0 Å². The van der Waals surface area contributed by atoms with Gasteiger partial charge in [0.05, 0.1) is 18.8 Å². The summed E-state index contributed by atoms with van der Waals surface area (Å²) in [6.07, 6.45) is 3.80. The zero-order valence-electron chi connectivity index (χ0n) is 11.9. The smallest absolute Gasteiger partial charge is 0.225 e. The number of hydrogen-bond acceptors (Lipinski definition) is 3. The summed E-state index contributed by atoms with van der Waals surface area (Å²) in [7, 11) is 0. The lowest BCUT2D eigenvalue weighted by Gasteiger charge is -2.37. The lowest BCUT2D eigenvalue weighted by atomic mass is 9.96. The van der Waals surface area contributed by atoms with E-state index in [1.807, 2.05) is 11.8 Å². The van der Waals surface area contributed by atoms with E-state index in [1.165, 1.54) is 0 Å². The molecule has 1 amide bonds. The van der Waals surface area contributed by atoms with Gasteiger partial charge in [0.25, 0.3) is 0 Å². The summed E-state index contributed by atoms with van der Waals surface area (Å²) in [5.41, 5.74) is 0. The van der Waals surface area contributed by atoms with Gasteiger partial charge in [-0.2, -0.15) is 0 Å². The van der Waals surface area contributed by atoms with Crippen molar-refractivity contribution in [2.24, 2.45) is 5.92 Å². The molecule has 1 aliphatic heterocycles. The summed E-state index contributed by atoms with van der Waals surface area (Å²) < 4.78 is 5.57. The van der Waals surface area contributed by atoms with E-state index in [9.17, 15) is 9.90 Å². The molecule has 2 atom stereocenters. The number of aliphatic hydroxyl groups excluding tert-OH is 1. The Balaban J connectivity index is 2.62. The topological polar surface area (TPSA) is 49.8 Å². The third-order valence-electron chi connectivity index (χ3n) is 3.47. The molecule has 1 fully saturated rings. The molecule has 1 aliphatic rings. The van der Waals surface area contributed by atoms with Crippen molar-refractivity contribution in [3.8, 4) is 0 Å². The quantitative estimate of drug-likeness (QED) is 0.789. The first-order valence-corrected chi connectivity index (χ1v) is 7.17. The molecule has 106 valence electrons. The van der Waals surface area contributed by atoms with Gasteiger partial charge in [-0.1, -0.05) is 26.7 Å². The summed E-state index contributed by atoms with van der Waals surface area (Å²) in [4.78, 5) is 14.4. The molecule has 0 radical (unpaired) electrons. The van der Waals surface area contributed by atoms with Gasteiger partial charge < -0.3 is 14.7 Å². The molecule has 1 rings (SSSR count). The van der Waals surface area contributed by atoms with Crippen LogP contribution in [0.5, 0.6) is 0 Å². The van der Waals surface area contributed by atoms with Crippen molar-refractivity contribution < 1.29 is 14.6 Å². The third kappa shape index (κ3) is 4.25. The lowest BCUT2D eigenvalue weighted by Crippen LogP contribution is -2.51. The zero-order valence-corrected chi connectivity index (χ0v) is 11.9. The first-order valence-electron chi connectivity index (χ1n) is 7.17. The number of ether oxygens (including phenoxy) is 1. The predicted octanol–water partition coefficient (Wildman–Crippen LogP) is 1.81. The molecule has 4 nitrogen and oxygen atoms in total. The van der Waals surface area contributed by atoms with E-state index in [-0.39, 0.29) is 30.6 Å². The first-order chi connectivity index (χ1) is 8.62. The number of amides is 1. The molecular weight excluding hydrogens is 230 g/mol. The van der Waals surface area contributed by atoms with E-state index in [2.05, 4.69) is 13.8 Å². The van der Waals surface area contributed by atoms with E-state index >= 15 is 0 Å². The van der Waals surface area contributed by atoms with Crippen molar-refractivity contribution in [3.05, 3.63) is 0 Å². The van der Waals surface area contributed by atoms with Gasteiger partial charge >= 0.3 is 0 Å². The Morgan fingerprint density at radius 2 is 1.94 bits per heavy atom. The molecule has 0 aliphatic carbocycles. The van der Waals surface area contributed by atoms with E-state index in [4.69, 9.17) is 4.74 Å². The second-order valence-electron chi connectivity index (χ2n) is 5.27. The van der Waals surface area contributed by atoms with E-state index in [0.717, 1.165) is 25.7 Å². The van der Waals surface area contributed by atoms with E-state index in [1.54, 1.807) is 0 Å². The fraction of sp³-hybridized carbons (Fsp3) is 0.929. The maximum atomic E-state index is 12.5. The summed E-state index contributed by atoms with van der Waals surface area (Å²) in [6.45, 7) is 7.36. The van der Waals surface area contributed by atoms with Crippen molar-refractivity contribution in [2.75, 3.05) is 19.7 Å². The molecule has 0 aromatic carbocycles. The van der Waals surface area contributed by atoms with Crippen molar-refractivity contribution >= 4 is 5.91 Å². The van der Waals surface area contributed by atoms with Crippen molar-refractivity contribution in [1.29, 1.82) is 0 Å². The molecule has 1 saturated heterocycles. The highest BCUT2D eigenvalue weighted by molar-refractivity contribution is 5.79. The van der Waals surface area contributed by atoms with Crippen molar-refractivity contribution in [2.45, 2.75) is 58.7 Å². The SMILES string of the molecule is CCCC(CCC)C(=O)N1CC(C)OC(CO)C1. The zero-order chi connectivity index (χ0) is 13.5. The molecule has 0 aromatic heterocycles. The van der Waals surface area contributed by atoms with Crippen molar-refractivity contribution in [3.63, 3.8) is 0 Å². The van der Waals surface area contributed by atoms with Gasteiger partial charge in [-0.25, -0.2) is 0 Å². The van der Waals surface area contributed by atoms with Gasteiger partial charge in [0.15, 0.2) is 0 Å². The van der Waals surface area contributed by atoms with Crippen LogP contribution in [0.25, 0.3) is 0 Å². The minimum absolute atomic E-state index is 0.0135. The highest BCUT2D eigenvalue weighted by Gasteiger charge is 2.31. The predicted molar refractivity (Wildman–Crippen MR) is 71.3 cm³/mol. The Labute approximate surface area is 110 Å². The molecule has 18 heavy (non-hydrogen) atoms. The highest BCUT2D eigenvalue weighted by Crippen LogP contribution is 2.20. The molecule has 0 bridgehead atoms. The van der Waals surface area contributed by atoms with Crippen LogP contribution in [0.4, 0.5) is 0 Å². The Hall–Kier alpha value is -0.610. The summed E-state index contributed by atoms with van der Waals surface area (Å²) in [6, 6.07) is 0. The molecule has 0 spiro atoms. The molecule has 2 unspecified atom stereocenters. The minimum atomic E-state index is -0.221. The number of aliphatic hydroxyl groups is 1. The van der Waals surface area contributed by atoms with Crippen LogP contribution in [-0.2, 0) is 9.53 Å². The van der Waals surface area contributed by atoms with E-state index in [0.29, 0.717) is 13.1 Å². The largest absolute Gasteiger partial charge is 0.394 e. The number of carbonyl (C=O) groups excluding carboxylic acids is 1. The Kier molecular flexibility index (Phi) is 6.65. The molecule has 4 heteroatoms. The molecule has 1 heterocycles.